The predicted octanol–water partition coefficient (Wildman–Crippen LogP) is 1.47. The Bertz CT molecular complexity index is 203. The van der Waals surface area contributed by atoms with Gasteiger partial charge in [-0.1, -0.05) is 6.92 Å². The fourth-order valence-corrected chi connectivity index (χ4v) is 1.94. The van der Waals surface area contributed by atoms with E-state index in [1.165, 1.54) is 0 Å². The molecule has 1 atom stereocenters. The molecule has 0 aromatic carbocycles. The van der Waals surface area contributed by atoms with Crippen LogP contribution in [-0.2, 0) is 9.53 Å². The Morgan fingerprint density at radius 1 is 1.75 bits per heavy atom. The molecule has 68 valence electrons. The SMILES string of the molecule is CCOC(=O)C1=N[C@H](CC)SC1. The van der Waals surface area contributed by atoms with E-state index in [0.29, 0.717) is 18.1 Å². The van der Waals surface area contributed by atoms with E-state index >= 15 is 0 Å². The zero-order chi connectivity index (χ0) is 8.97. The van der Waals surface area contributed by atoms with E-state index < -0.39 is 0 Å². The van der Waals surface area contributed by atoms with Crippen LogP contribution >= 0.6 is 11.8 Å². The van der Waals surface area contributed by atoms with Crippen molar-refractivity contribution in [3.63, 3.8) is 0 Å². The van der Waals surface area contributed by atoms with Crippen molar-refractivity contribution in [1.29, 1.82) is 0 Å². The van der Waals surface area contributed by atoms with Gasteiger partial charge in [0.25, 0.3) is 0 Å². The number of hydrogen-bond acceptors (Lipinski definition) is 4. The third kappa shape index (κ3) is 2.24. The molecule has 0 aromatic heterocycles. The maximum absolute atomic E-state index is 11.1. The zero-order valence-corrected chi connectivity index (χ0v) is 8.19. The Balaban J connectivity index is 2.48. The van der Waals surface area contributed by atoms with Gasteiger partial charge >= 0.3 is 5.97 Å². The molecule has 0 saturated carbocycles. The maximum Gasteiger partial charge on any atom is 0.353 e. The van der Waals surface area contributed by atoms with Crippen LogP contribution in [0.15, 0.2) is 4.99 Å². The molecule has 0 radical (unpaired) electrons. The lowest BCUT2D eigenvalue weighted by molar-refractivity contribution is -0.135. The van der Waals surface area contributed by atoms with Crippen LogP contribution < -0.4 is 0 Å². The summed E-state index contributed by atoms with van der Waals surface area (Å²) >= 11 is 1.70. The number of nitrogens with zero attached hydrogens (tertiary/aromatic N) is 1. The highest BCUT2D eigenvalue weighted by Gasteiger charge is 2.22. The van der Waals surface area contributed by atoms with Crippen LogP contribution in [0.25, 0.3) is 0 Å². The Morgan fingerprint density at radius 3 is 3.00 bits per heavy atom. The van der Waals surface area contributed by atoms with E-state index in [2.05, 4.69) is 11.9 Å². The third-order valence-corrected chi connectivity index (χ3v) is 2.84. The minimum atomic E-state index is -0.249. The molecule has 1 aliphatic heterocycles. The van der Waals surface area contributed by atoms with Gasteiger partial charge in [0, 0.05) is 5.75 Å². The minimum Gasteiger partial charge on any atom is -0.461 e. The standard InChI is InChI=1S/C8H13NO2S/c1-3-7-9-6(5-12-7)8(10)11-4-2/h7H,3-5H2,1-2H3/t7-/m0/s1. The van der Waals surface area contributed by atoms with Crippen LogP contribution in [0, 0.1) is 0 Å². The number of esters is 1. The molecule has 0 bridgehead atoms. The molecule has 1 heterocycles. The fourth-order valence-electron chi connectivity index (χ4n) is 0.959. The van der Waals surface area contributed by atoms with Crippen LogP contribution in [0.2, 0.25) is 0 Å². The average Bonchev–Trinajstić information content (AvgIpc) is 2.52. The van der Waals surface area contributed by atoms with Crippen molar-refractivity contribution >= 4 is 23.4 Å². The molecular formula is C8H13NO2S. The van der Waals surface area contributed by atoms with Gasteiger partial charge in [0.2, 0.25) is 0 Å². The molecule has 0 N–H and O–H groups in total. The lowest BCUT2D eigenvalue weighted by atomic mass is 10.4. The average molecular weight is 187 g/mol. The quantitative estimate of drug-likeness (QED) is 0.628. The summed E-state index contributed by atoms with van der Waals surface area (Å²) in [5.74, 6) is 0.457. The van der Waals surface area contributed by atoms with Gasteiger partial charge in [-0.3, -0.25) is 4.99 Å². The van der Waals surface area contributed by atoms with E-state index in [4.69, 9.17) is 4.74 Å². The second-order valence-electron chi connectivity index (χ2n) is 2.47. The first-order valence-corrected chi connectivity index (χ1v) is 5.18. The summed E-state index contributed by atoms with van der Waals surface area (Å²) in [7, 11) is 0. The number of aliphatic imine (C=N–C) groups is 1. The molecule has 1 aliphatic rings. The second kappa shape index (κ2) is 4.50. The highest BCUT2D eigenvalue weighted by Crippen LogP contribution is 2.23. The van der Waals surface area contributed by atoms with Gasteiger partial charge in [-0.15, -0.1) is 11.8 Å². The normalized spacial score (nSPS) is 22.2. The molecular weight excluding hydrogens is 174 g/mol. The summed E-state index contributed by atoms with van der Waals surface area (Å²) < 4.78 is 4.84. The van der Waals surface area contributed by atoms with Crippen molar-refractivity contribution in [3.8, 4) is 0 Å². The monoisotopic (exact) mass is 187 g/mol. The number of hydrogen-bond donors (Lipinski definition) is 0. The Morgan fingerprint density at radius 2 is 2.50 bits per heavy atom. The van der Waals surface area contributed by atoms with Gasteiger partial charge < -0.3 is 4.74 Å². The number of carbonyl (C=O) groups excluding carboxylic acids is 1. The molecule has 0 saturated heterocycles. The summed E-state index contributed by atoms with van der Waals surface area (Å²) in [5, 5.41) is 0.268. The Hall–Kier alpha value is -0.510. The number of ether oxygens (including phenoxy) is 1. The first kappa shape index (κ1) is 9.58. The van der Waals surface area contributed by atoms with E-state index in [1.807, 2.05) is 0 Å². The van der Waals surface area contributed by atoms with E-state index in [1.54, 1.807) is 18.7 Å². The molecule has 0 aliphatic carbocycles. The first-order chi connectivity index (χ1) is 5.77. The highest BCUT2D eigenvalue weighted by atomic mass is 32.2. The largest absolute Gasteiger partial charge is 0.461 e. The van der Waals surface area contributed by atoms with Gasteiger partial charge in [0.15, 0.2) is 0 Å². The van der Waals surface area contributed by atoms with Gasteiger partial charge in [-0.25, -0.2) is 4.79 Å². The number of carbonyl (C=O) groups is 1. The summed E-state index contributed by atoms with van der Waals surface area (Å²) in [6, 6.07) is 0. The summed E-state index contributed by atoms with van der Waals surface area (Å²) in [6.07, 6.45) is 0.980. The molecule has 4 heteroatoms. The van der Waals surface area contributed by atoms with Crippen molar-refractivity contribution in [2.45, 2.75) is 25.6 Å². The molecule has 3 nitrogen and oxygen atoms in total. The smallest absolute Gasteiger partial charge is 0.353 e. The Kier molecular flexibility index (Phi) is 3.59. The number of thioether (sulfide) groups is 1. The van der Waals surface area contributed by atoms with Crippen LogP contribution in [-0.4, -0.2) is 29.4 Å². The van der Waals surface area contributed by atoms with E-state index in [9.17, 15) is 4.79 Å². The minimum absolute atomic E-state index is 0.249. The lowest BCUT2D eigenvalue weighted by Gasteiger charge is -1.98. The number of rotatable bonds is 3. The summed E-state index contributed by atoms with van der Waals surface area (Å²) in [4.78, 5) is 15.4. The topological polar surface area (TPSA) is 38.7 Å². The van der Waals surface area contributed by atoms with Crippen molar-refractivity contribution < 1.29 is 9.53 Å². The molecule has 0 fully saturated rings. The van der Waals surface area contributed by atoms with Crippen molar-refractivity contribution in [1.82, 2.24) is 0 Å². The van der Waals surface area contributed by atoms with Crippen molar-refractivity contribution in [2.75, 3.05) is 12.4 Å². The van der Waals surface area contributed by atoms with E-state index in [-0.39, 0.29) is 11.3 Å². The predicted molar refractivity (Wildman–Crippen MR) is 50.6 cm³/mol. The zero-order valence-electron chi connectivity index (χ0n) is 7.37. The second-order valence-corrected chi connectivity index (χ2v) is 3.64. The molecule has 0 spiro atoms. The van der Waals surface area contributed by atoms with Gasteiger partial charge in [0.05, 0.1) is 12.0 Å². The maximum atomic E-state index is 11.1. The van der Waals surface area contributed by atoms with Crippen molar-refractivity contribution in [3.05, 3.63) is 0 Å². The van der Waals surface area contributed by atoms with Crippen LogP contribution in [0.1, 0.15) is 20.3 Å². The molecule has 1 rings (SSSR count). The molecule has 0 unspecified atom stereocenters. The van der Waals surface area contributed by atoms with Gasteiger partial charge in [0.1, 0.15) is 5.71 Å². The highest BCUT2D eigenvalue weighted by molar-refractivity contribution is 8.01. The third-order valence-electron chi connectivity index (χ3n) is 1.57. The summed E-state index contributed by atoms with van der Waals surface area (Å²) in [6.45, 7) is 4.30. The van der Waals surface area contributed by atoms with Gasteiger partial charge in [-0.2, -0.15) is 0 Å². The van der Waals surface area contributed by atoms with Crippen molar-refractivity contribution in [2.24, 2.45) is 4.99 Å². The first-order valence-electron chi connectivity index (χ1n) is 4.13. The molecule has 0 amide bonds. The van der Waals surface area contributed by atoms with Crippen LogP contribution in [0.5, 0.6) is 0 Å². The summed E-state index contributed by atoms with van der Waals surface area (Å²) in [5.41, 5.74) is 0.591. The Labute approximate surface area is 76.6 Å². The van der Waals surface area contributed by atoms with Gasteiger partial charge in [-0.05, 0) is 13.3 Å². The molecule has 12 heavy (non-hydrogen) atoms. The van der Waals surface area contributed by atoms with E-state index in [0.717, 1.165) is 6.42 Å². The lowest BCUT2D eigenvalue weighted by Crippen LogP contribution is -2.17. The molecule has 0 aromatic rings. The fraction of sp³-hybridized carbons (Fsp3) is 0.750. The van der Waals surface area contributed by atoms with Crippen LogP contribution in [0.3, 0.4) is 0 Å². The van der Waals surface area contributed by atoms with Crippen LogP contribution in [0.4, 0.5) is 0 Å².